The molecular weight excluding hydrogens is 258 g/mol. The predicted octanol–water partition coefficient (Wildman–Crippen LogP) is 2.62. The van der Waals surface area contributed by atoms with Crippen molar-refractivity contribution in [3.8, 4) is 0 Å². The first-order valence-corrected chi connectivity index (χ1v) is 7.41. The van der Waals surface area contributed by atoms with Gasteiger partial charge in [-0.1, -0.05) is 0 Å². The average Bonchev–Trinajstić information content (AvgIpc) is 2.87. The molecule has 1 atom stereocenters. The lowest BCUT2D eigenvalue weighted by atomic mass is 9.82. The van der Waals surface area contributed by atoms with Gasteiger partial charge in [0.1, 0.15) is 0 Å². The molecule has 2 aromatic rings. The van der Waals surface area contributed by atoms with Crippen LogP contribution in [-0.2, 0) is 4.79 Å². The number of benzene rings is 1. The van der Waals surface area contributed by atoms with E-state index >= 15 is 0 Å². The Hall–Kier alpha value is -1.46. The molecule has 2 heterocycles. The number of thiazole rings is 1. The van der Waals surface area contributed by atoms with E-state index in [2.05, 4.69) is 15.6 Å². The second-order valence-electron chi connectivity index (χ2n) is 5.33. The van der Waals surface area contributed by atoms with Crippen LogP contribution in [0.3, 0.4) is 0 Å². The van der Waals surface area contributed by atoms with Crippen LogP contribution in [0.5, 0.6) is 0 Å². The molecule has 1 aliphatic heterocycles. The quantitative estimate of drug-likeness (QED) is 0.886. The van der Waals surface area contributed by atoms with Crippen molar-refractivity contribution in [2.75, 3.05) is 18.4 Å². The highest BCUT2D eigenvalue weighted by Gasteiger charge is 2.34. The standard InChI is InChI=1S/C14H17N3OS/c1-14(5-2-6-15-8-14)13(18)17-10-3-4-11-12(7-10)19-9-16-11/h3-4,7,9,15H,2,5-6,8H2,1H3,(H,17,18). The maximum absolute atomic E-state index is 12.4. The maximum Gasteiger partial charge on any atom is 0.231 e. The first-order chi connectivity index (χ1) is 9.17. The van der Waals surface area contributed by atoms with Crippen LogP contribution in [0.1, 0.15) is 19.8 Å². The number of anilines is 1. The number of rotatable bonds is 2. The molecule has 1 fully saturated rings. The molecule has 3 rings (SSSR count). The summed E-state index contributed by atoms with van der Waals surface area (Å²) in [6, 6.07) is 5.85. The third-order valence-electron chi connectivity index (χ3n) is 3.73. The van der Waals surface area contributed by atoms with Crippen LogP contribution in [0.15, 0.2) is 23.7 Å². The molecule has 100 valence electrons. The smallest absolute Gasteiger partial charge is 0.231 e. The number of nitrogens with zero attached hydrogens (tertiary/aromatic N) is 1. The fourth-order valence-corrected chi connectivity index (χ4v) is 3.18. The van der Waals surface area contributed by atoms with Gasteiger partial charge in [-0.05, 0) is 44.5 Å². The molecule has 1 amide bonds. The minimum Gasteiger partial charge on any atom is -0.326 e. The second kappa shape index (κ2) is 4.90. The number of hydrogen-bond donors (Lipinski definition) is 2. The van der Waals surface area contributed by atoms with E-state index in [1.165, 1.54) is 0 Å². The first kappa shape index (κ1) is 12.6. The minimum absolute atomic E-state index is 0.101. The number of hydrogen-bond acceptors (Lipinski definition) is 4. The summed E-state index contributed by atoms with van der Waals surface area (Å²) in [7, 11) is 0. The molecular formula is C14H17N3OS. The molecule has 0 spiro atoms. The molecule has 19 heavy (non-hydrogen) atoms. The van der Waals surface area contributed by atoms with E-state index in [1.54, 1.807) is 11.3 Å². The van der Waals surface area contributed by atoms with Crippen molar-refractivity contribution in [2.45, 2.75) is 19.8 Å². The highest BCUT2D eigenvalue weighted by Crippen LogP contribution is 2.28. The Labute approximate surface area is 116 Å². The number of amides is 1. The zero-order chi connectivity index (χ0) is 13.3. The van der Waals surface area contributed by atoms with Crippen molar-refractivity contribution in [1.29, 1.82) is 0 Å². The highest BCUT2D eigenvalue weighted by atomic mass is 32.1. The van der Waals surface area contributed by atoms with Crippen molar-refractivity contribution >= 4 is 33.1 Å². The fourth-order valence-electron chi connectivity index (χ4n) is 2.46. The van der Waals surface area contributed by atoms with Gasteiger partial charge in [0, 0.05) is 12.2 Å². The van der Waals surface area contributed by atoms with Gasteiger partial charge in [-0.2, -0.15) is 0 Å². The molecule has 0 radical (unpaired) electrons. The SMILES string of the molecule is CC1(C(=O)Nc2ccc3ncsc3c2)CCCNC1. The van der Waals surface area contributed by atoms with Crippen LogP contribution in [0.25, 0.3) is 10.2 Å². The highest BCUT2D eigenvalue weighted by molar-refractivity contribution is 7.16. The van der Waals surface area contributed by atoms with Gasteiger partial charge in [-0.3, -0.25) is 4.79 Å². The molecule has 1 saturated heterocycles. The van der Waals surface area contributed by atoms with Crippen molar-refractivity contribution < 1.29 is 4.79 Å². The lowest BCUT2D eigenvalue weighted by molar-refractivity contribution is -0.125. The zero-order valence-electron chi connectivity index (χ0n) is 10.9. The number of carbonyl (C=O) groups is 1. The Morgan fingerprint density at radius 3 is 3.21 bits per heavy atom. The Balaban J connectivity index is 1.78. The lowest BCUT2D eigenvalue weighted by Crippen LogP contribution is -2.46. The molecule has 0 saturated carbocycles. The topological polar surface area (TPSA) is 54.0 Å². The molecule has 0 bridgehead atoms. The van der Waals surface area contributed by atoms with Crippen molar-refractivity contribution in [1.82, 2.24) is 10.3 Å². The summed E-state index contributed by atoms with van der Waals surface area (Å²) in [5, 5.41) is 6.33. The zero-order valence-corrected chi connectivity index (χ0v) is 11.7. The molecule has 1 aliphatic rings. The summed E-state index contributed by atoms with van der Waals surface area (Å²) in [6.07, 6.45) is 1.99. The number of piperidine rings is 1. The van der Waals surface area contributed by atoms with Gasteiger partial charge >= 0.3 is 0 Å². The normalized spacial score (nSPS) is 23.4. The third kappa shape index (κ3) is 2.48. The molecule has 4 nitrogen and oxygen atoms in total. The Morgan fingerprint density at radius 2 is 2.42 bits per heavy atom. The fraction of sp³-hybridized carbons (Fsp3) is 0.429. The van der Waals surface area contributed by atoms with E-state index in [0.717, 1.165) is 41.8 Å². The van der Waals surface area contributed by atoms with E-state index in [1.807, 2.05) is 30.6 Å². The third-order valence-corrected chi connectivity index (χ3v) is 4.53. The number of nitrogens with one attached hydrogen (secondary N) is 2. The Kier molecular flexibility index (Phi) is 3.24. The molecule has 1 aromatic heterocycles. The molecule has 0 aliphatic carbocycles. The molecule has 1 aromatic carbocycles. The predicted molar refractivity (Wildman–Crippen MR) is 78.5 cm³/mol. The largest absolute Gasteiger partial charge is 0.326 e. The van der Waals surface area contributed by atoms with Crippen LogP contribution in [0, 0.1) is 5.41 Å². The van der Waals surface area contributed by atoms with Crippen molar-refractivity contribution in [3.05, 3.63) is 23.7 Å². The van der Waals surface area contributed by atoms with Crippen LogP contribution in [-0.4, -0.2) is 24.0 Å². The monoisotopic (exact) mass is 275 g/mol. The Morgan fingerprint density at radius 1 is 1.53 bits per heavy atom. The van der Waals surface area contributed by atoms with Gasteiger partial charge in [0.25, 0.3) is 0 Å². The lowest BCUT2D eigenvalue weighted by Gasteiger charge is -2.32. The van der Waals surface area contributed by atoms with Crippen LogP contribution >= 0.6 is 11.3 Å². The summed E-state index contributed by atoms with van der Waals surface area (Å²) < 4.78 is 1.10. The summed E-state index contributed by atoms with van der Waals surface area (Å²) in [6.45, 7) is 3.79. The van der Waals surface area contributed by atoms with E-state index in [9.17, 15) is 4.79 Å². The summed E-state index contributed by atoms with van der Waals surface area (Å²) in [5.74, 6) is 0.101. The maximum atomic E-state index is 12.4. The van der Waals surface area contributed by atoms with Gasteiger partial charge in [0.05, 0.1) is 21.1 Å². The number of aromatic nitrogens is 1. The van der Waals surface area contributed by atoms with Gasteiger partial charge < -0.3 is 10.6 Å². The van der Waals surface area contributed by atoms with Crippen LogP contribution < -0.4 is 10.6 Å². The van der Waals surface area contributed by atoms with Gasteiger partial charge in [-0.15, -0.1) is 11.3 Å². The van der Waals surface area contributed by atoms with Crippen LogP contribution in [0.4, 0.5) is 5.69 Å². The first-order valence-electron chi connectivity index (χ1n) is 6.53. The van der Waals surface area contributed by atoms with E-state index < -0.39 is 0 Å². The second-order valence-corrected chi connectivity index (χ2v) is 6.22. The van der Waals surface area contributed by atoms with Gasteiger partial charge in [0.2, 0.25) is 5.91 Å². The molecule has 1 unspecified atom stereocenters. The summed E-state index contributed by atoms with van der Waals surface area (Å²) in [5.41, 5.74) is 3.35. The molecule has 5 heteroatoms. The Bertz CT molecular complexity index is 602. The van der Waals surface area contributed by atoms with Crippen LogP contribution in [0.2, 0.25) is 0 Å². The van der Waals surface area contributed by atoms with Crippen molar-refractivity contribution in [2.24, 2.45) is 5.41 Å². The number of fused-ring (bicyclic) bond motifs is 1. The van der Waals surface area contributed by atoms with E-state index in [4.69, 9.17) is 0 Å². The van der Waals surface area contributed by atoms with E-state index in [0.29, 0.717) is 0 Å². The van der Waals surface area contributed by atoms with Gasteiger partial charge in [0.15, 0.2) is 0 Å². The minimum atomic E-state index is -0.305. The summed E-state index contributed by atoms with van der Waals surface area (Å²) >= 11 is 1.59. The molecule has 2 N–H and O–H groups in total. The van der Waals surface area contributed by atoms with E-state index in [-0.39, 0.29) is 11.3 Å². The summed E-state index contributed by atoms with van der Waals surface area (Å²) in [4.78, 5) is 16.6. The van der Waals surface area contributed by atoms with Gasteiger partial charge in [-0.25, -0.2) is 4.98 Å². The number of carbonyl (C=O) groups excluding carboxylic acids is 1. The van der Waals surface area contributed by atoms with Crippen molar-refractivity contribution in [3.63, 3.8) is 0 Å². The average molecular weight is 275 g/mol.